The van der Waals surface area contributed by atoms with Crippen LogP contribution >= 0.6 is 0 Å². The van der Waals surface area contributed by atoms with E-state index in [0.29, 0.717) is 11.4 Å². The first kappa shape index (κ1) is 13.1. The number of anilines is 2. The van der Waals surface area contributed by atoms with Crippen LogP contribution in [0.1, 0.15) is 21.5 Å². The average molecular weight is 258 g/mol. The molecule has 0 aliphatic heterocycles. The van der Waals surface area contributed by atoms with E-state index in [1.165, 1.54) is 18.2 Å². The number of amides is 1. The van der Waals surface area contributed by atoms with Crippen molar-refractivity contribution in [2.24, 2.45) is 0 Å². The van der Waals surface area contributed by atoms with Gasteiger partial charge in [-0.2, -0.15) is 0 Å². The normalized spacial score (nSPS) is 10.3. The molecule has 4 heteroatoms. The zero-order valence-corrected chi connectivity index (χ0v) is 10.8. The van der Waals surface area contributed by atoms with Gasteiger partial charge in [-0.25, -0.2) is 4.39 Å². The first-order valence-corrected chi connectivity index (χ1v) is 5.90. The Morgan fingerprint density at radius 1 is 1.11 bits per heavy atom. The Bertz CT molecular complexity index is 618. The predicted molar refractivity (Wildman–Crippen MR) is 74.7 cm³/mol. The molecule has 0 heterocycles. The number of benzene rings is 2. The molecule has 2 rings (SSSR count). The number of nitrogen functional groups attached to an aromatic ring is 1. The first-order chi connectivity index (χ1) is 8.95. The van der Waals surface area contributed by atoms with E-state index in [4.69, 9.17) is 5.73 Å². The number of aryl methyl sites for hydroxylation is 2. The van der Waals surface area contributed by atoms with E-state index in [2.05, 4.69) is 5.32 Å². The van der Waals surface area contributed by atoms with E-state index in [-0.39, 0.29) is 5.56 Å². The molecule has 98 valence electrons. The third kappa shape index (κ3) is 3.10. The SMILES string of the molecule is Cc1cc(C)cc(NC(=O)c2cc(N)ccc2F)c1. The number of halogens is 1. The average Bonchev–Trinajstić information content (AvgIpc) is 2.30. The van der Waals surface area contributed by atoms with E-state index in [9.17, 15) is 9.18 Å². The second-order valence-electron chi connectivity index (χ2n) is 4.57. The third-order valence-electron chi connectivity index (χ3n) is 2.71. The quantitative estimate of drug-likeness (QED) is 0.812. The summed E-state index contributed by atoms with van der Waals surface area (Å²) in [6, 6.07) is 9.59. The highest BCUT2D eigenvalue weighted by molar-refractivity contribution is 6.05. The van der Waals surface area contributed by atoms with E-state index < -0.39 is 11.7 Å². The van der Waals surface area contributed by atoms with Gasteiger partial charge in [-0.3, -0.25) is 4.79 Å². The lowest BCUT2D eigenvalue weighted by Crippen LogP contribution is -2.14. The molecule has 3 N–H and O–H groups in total. The van der Waals surface area contributed by atoms with Crippen LogP contribution in [0.5, 0.6) is 0 Å². The predicted octanol–water partition coefficient (Wildman–Crippen LogP) is 3.28. The van der Waals surface area contributed by atoms with Gasteiger partial charge in [-0.15, -0.1) is 0 Å². The number of carbonyl (C=O) groups excluding carboxylic acids is 1. The van der Waals surface area contributed by atoms with Crippen molar-refractivity contribution in [2.45, 2.75) is 13.8 Å². The van der Waals surface area contributed by atoms with Crippen molar-refractivity contribution in [1.82, 2.24) is 0 Å². The molecule has 0 aliphatic rings. The van der Waals surface area contributed by atoms with Crippen LogP contribution in [-0.4, -0.2) is 5.91 Å². The van der Waals surface area contributed by atoms with E-state index in [1.807, 2.05) is 32.0 Å². The zero-order chi connectivity index (χ0) is 14.0. The number of nitrogens with two attached hydrogens (primary N) is 1. The Morgan fingerprint density at radius 3 is 2.37 bits per heavy atom. The number of carbonyl (C=O) groups is 1. The molecule has 0 saturated heterocycles. The van der Waals surface area contributed by atoms with E-state index >= 15 is 0 Å². The highest BCUT2D eigenvalue weighted by Crippen LogP contribution is 2.17. The minimum Gasteiger partial charge on any atom is -0.399 e. The summed E-state index contributed by atoms with van der Waals surface area (Å²) in [4.78, 5) is 12.0. The second kappa shape index (κ2) is 5.10. The van der Waals surface area contributed by atoms with Crippen molar-refractivity contribution in [3.8, 4) is 0 Å². The maximum atomic E-state index is 13.6. The van der Waals surface area contributed by atoms with Crippen molar-refractivity contribution >= 4 is 17.3 Å². The molecular weight excluding hydrogens is 243 g/mol. The summed E-state index contributed by atoms with van der Waals surface area (Å²) in [5, 5.41) is 2.67. The Hall–Kier alpha value is -2.36. The standard InChI is InChI=1S/C15H15FN2O/c1-9-5-10(2)7-12(6-9)18-15(19)13-8-11(17)3-4-14(13)16/h3-8H,17H2,1-2H3,(H,18,19). The summed E-state index contributed by atoms with van der Waals surface area (Å²) < 4.78 is 13.6. The van der Waals surface area contributed by atoms with Gasteiger partial charge in [0.25, 0.3) is 5.91 Å². The van der Waals surface area contributed by atoms with Crippen LogP contribution in [-0.2, 0) is 0 Å². The van der Waals surface area contributed by atoms with Crippen LogP contribution in [0.15, 0.2) is 36.4 Å². The van der Waals surface area contributed by atoms with Crippen molar-refractivity contribution in [3.63, 3.8) is 0 Å². The Kier molecular flexibility index (Phi) is 3.51. The molecule has 2 aromatic rings. The fraction of sp³-hybridized carbons (Fsp3) is 0.133. The lowest BCUT2D eigenvalue weighted by Gasteiger charge is -2.08. The van der Waals surface area contributed by atoms with Crippen molar-refractivity contribution in [1.29, 1.82) is 0 Å². The van der Waals surface area contributed by atoms with Crippen molar-refractivity contribution in [2.75, 3.05) is 11.1 Å². The number of hydrogen-bond acceptors (Lipinski definition) is 2. The van der Waals surface area contributed by atoms with Gasteiger partial charge in [-0.05, 0) is 55.3 Å². The van der Waals surface area contributed by atoms with Gasteiger partial charge >= 0.3 is 0 Å². The maximum Gasteiger partial charge on any atom is 0.258 e. The highest BCUT2D eigenvalue weighted by atomic mass is 19.1. The van der Waals surface area contributed by atoms with Gasteiger partial charge in [0.1, 0.15) is 5.82 Å². The molecule has 1 amide bonds. The maximum absolute atomic E-state index is 13.6. The summed E-state index contributed by atoms with van der Waals surface area (Å²) in [5.74, 6) is -1.09. The summed E-state index contributed by atoms with van der Waals surface area (Å²) >= 11 is 0. The minimum absolute atomic E-state index is 0.0563. The van der Waals surface area contributed by atoms with Gasteiger partial charge < -0.3 is 11.1 Å². The molecule has 19 heavy (non-hydrogen) atoms. The molecule has 0 aromatic heterocycles. The minimum atomic E-state index is -0.587. The molecule has 0 saturated carbocycles. The Balaban J connectivity index is 2.28. The molecule has 0 aliphatic carbocycles. The van der Waals surface area contributed by atoms with Crippen LogP contribution in [0.2, 0.25) is 0 Å². The second-order valence-corrected chi connectivity index (χ2v) is 4.57. The molecule has 0 bridgehead atoms. The van der Waals surface area contributed by atoms with Gasteiger partial charge in [-0.1, -0.05) is 6.07 Å². The Labute approximate surface area is 111 Å². The lowest BCUT2D eigenvalue weighted by molar-refractivity contribution is 0.102. The molecule has 3 nitrogen and oxygen atoms in total. The van der Waals surface area contributed by atoms with Gasteiger partial charge in [0.2, 0.25) is 0 Å². The molecule has 0 unspecified atom stereocenters. The molecule has 0 atom stereocenters. The summed E-state index contributed by atoms with van der Waals surface area (Å²) in [6.45, 7) is 3.87. The fourth-order valence-electron chi connectivity index (χ4n) is 1.96. The van der Waals surface area contributed by atoms with Crippen LogP contribution in [0.3, 0.4) is 0 Å². The van der Waals surface area contributed by atoms with E-state index in [1.54, 1.807) is 0 Å². The first-order valence-electron chi connectivity index (χ1n) is 5.90. The van der Waals surface area contributed by atoms with Crippen LogP contribution in [0, 0.1) is 19.7 Å². The smallest absolute Gasteiger partial charge is 0.258 e. The molecule has 0 spiro atoms. The Morgan fingerprint density at radius 2 is 1.74 bits per heavy atom. The van der Waals surface area contributed by atoms with Gasteiger partial charge in [0, 0.05) is 11.4 Å². The number of nitrogens with one attached hydrogen (secondary N) is 1. The third-order valence-corrected chi connectivity index (χ3v) is 2.71. The van der Waals surface area contributed by atoms with Crippen LogP contribution < -0.4 is 11.1 Å². The monoisotopic (exact) mass is 258 g/mol. The zero-order valence-electron chi connectivity index (χ0n) is 10.8. The molecule has 0 radical (unpaired) electrons. The van der Waals surface area contributed by atoms with Crippen LogP contribution in [0.4, 0.5) is 15.8 Å². The summed E-state index contributed by atoms with van der Waals surface area (Å²) in [7, 11) is 0. The highest BCUT2D eigenvalue weighted by Gasteiger charge is 2.12. The topological polar surface area (TPSA) is 55.1 Å². The largest absolute Gasteiger partial charge is 0.399 e. The summed E-state index contributed by atoms with van der Waals surface area (Å²) in [5.41, 5.74) is 8.56. The van der Waals surface area contributed by atoms with Crippen molar-refractivity contribution < 1.29 is 9.18 Å². The molecule has 0 fully saturated rings. The fourth-order valence-corrected chi connectivity index (χ4v) is 1.96. The van der Waals surface area contributed by atoms with Gasteiger partial charge in [0.05, 0.1) is 5.56 Å². The van der Waals surface area contributed by atoms with Crippen molar-refractivity contribution in [3.05, 3.63) is 58.9 Å². The number of hydrogen-bond donors (Lipinski definition) is 2. The lowest BCUT2D eigenvalue weighted by atomic mass is 10.1. The number of rotatable bonds is 2. The molecule has 2 aromatic carbocycles. The van der Waals surface area contributed by atoms with E-state index in [0.717, 1.165) is 11.1 Å². The molecular formula is C15H15FN2O. The summed E-state index contributed by atoms with van der Waals surface area (Å²) in [6.07, 6.45) is 0. The van der Waals surface area contributed by atoms with Crippen LogP contribution in [0.25, 0.3) is 0 Å². The van der Waals surface area contributed by atoms with Gasteiger partial charge in [0.15, 0.2) is 0 Å².